The highest BCUT2D eigenvalue weighted by Gasteiger charge is 2.04. The Balaban J connectivity index is 1.88. The van der Waals surface area contributed by atoms with Crippen molar-refractivity contribution in [1.29, 1.82) is 0 Å². The average molecular weight is 299 g/mol. The molecule has 1 N–H and O–H groups in total. The van der Waals surface area contributed by atoms with Gasteiger partial charge >= 0.3 is 0 Å². The summed E-state index contributed by atoms with van der Waals surface area (Å²) in [5.41, 5.74) is 2.74. The van der Waals surface area contributed by atoms with E-state index in [0.29, 0.717) is 10.9 Å². The van der Waals surface area contributed by atoms with Crippen LogP contribution in [0.1, 0.15) is 10.4 Å². The first-order valence-corrected chi connectivity index (χ1v) is 7.35. The number of pyridine rings is 1. The molecular weight excluding hydrogens is 286 g/mol. The van der Waals surface area contributed by atoms with Crippen LogP contribution in [0.2, 0.25) is 0 Å². The number of aldehydes is 1. The van der Waals surface area contributed by atoms with Crippen LogP contribution in [0.4, 0.5) is 0 Å². The van der Waals surface area contributed by atoms with Crippen LogP contribution >= 0.6 is 0 Å². The minimum Gasteiger partial charge on any atom is -0.329 e. The van der Waals surface area contributed by atoms with Crippen molar-refractivity contribution >= 4 is 27.8 Å². The molecule has 4 aromatic rings. The highest BCUT2D eigenvalue weighted by molar-refractivity contribution is 5.93. The normalized spacial score (nSPS) is 11.0. The van der Waals surface area contributed by atoms with E-state index in [4.69, 9.17) is 0 Å². The Morgan fingerprint density at radius 2 is 1.43 bits per heavy atom. The van der Waals surface area contributed by atoms with Crippen LogP contribution in [0.15, 0.2) is 71.7 Å². The fraction of sp³-hybridized carbons (Fsp3) is 0. The predicted molar refractivity (Wildman–Crippen MR) is 92.9 cm³/mol. The maximum Gasteiger partial charge on any atom is 0.255 e. The van der Waals surface area contributed by atoms with E-state index < -0.39 is 0 Å². The molecule has 0 aliphatic heterocycles. The summed E-state index contributed by atoms with van der Waals surface area (Å²) in [6.07, 6.45) is 2.52. The van der Waals surface area contributed by atoms with Crippen LogP contribution in [-0.4, -0.2) is 11.3 Å². The molecule has 4 rings (SSSR count). The second-order valence-corrected chi connectivity index (χ2v) is 5.55. The van der Waals surface area contributed by atoms with Gasteiger partial charge < -0.3 is 4.98 Å². The van der Waals surface area contributed by atoms with Crippen LogP contribution in [0, 0.1) is 0 Å². The summed E-state index contributed by atoms with van der Waals surface area (Å²) in [5, 5.41) is 3.73. The van der Waals surface area contributed by atoms with Gasteiger partial charge in [0.15, 0.2) is 0 Å². The van der Waals surface area contributed by atoms with Gasteiger partial charge in [0.2, 0.25) is 0 Å². The summed E-state index contributed by atoms with van der Waals surface area (Å²) in [6, 6.07) is 19.5. The number of aromatic amines is 1. The molecule has 0 bridgehead atoms. The number of aromatic nitrogens is 1. The molecule has 0 radical (unpaired) electrons. The fourth-order valence-corrected chi connectivity index (χ4v) is 2.89. The van der Waals surface area contributed by atoms with Gasteiger partial charge in [0.25, 0.3) is 5.56 Å². The molecule has 3 aromatic carbocycles. The van der Waals surface area contributed by atoms with Crippen LogP contribution in [0.5, 0.6) is 0 Å². The third-order valence-electron chi connectivity index (χ3n) is 4.11. The molecule has 0 saturated heterocycles. The smallest absolute Gasteiger partial charge is 0.255 e. The Hall–Kier alpha value is -3.20. The molecule has 23 heavy (non-hydrogen) atoms. The molecule has 0 aliphatic rings. The van der Waals surface area contributed by atoms with Gasteiger partial charge in [-0.2, -0.15) is 0 Å². The van der Waals surface area contributed by atoms with E-state index in [9.17, 15) is 9.59 Å². The molecule has 0 saturated carbocycles. The number of carbonyl (C=O) groups is 1. The first-order valence-electron chi connectivity index (χ1n) is 7.35. The summed E-state index contributed by atoms with van der Waals surface area (Å²) in [5.74, 6) is 0. The first kappa shape index (κ1) is 13.5. The van der Waals surface area contributed by atoms with E-state index in [1.54, 1.807) is 6.20 Å². The van der Waals surface area contributed by atoms with Crippen LogP contribution in [0.3, 0.4) is 0 Å². The number of carbonyl (C=O) groups excluding carboxylic acids is 1. The Morgan fingerprint density at radius 1 is 0.739 bits per heavy atom. The van der Waals surface area contributed by atoms with Gasteiger partial charge in [0, 0.05) is 17.1 Å². The van der Waals surface area contributed by atoms with Gasteiger partial charge in [-0.15, -0.1) is 0 Å². The lowest BCUT2D eigenvalue weighted by atomic mass is 9.98. The summed E-state index contributed by atoms with van der Waals surface area (Å²) < 4.78 is 0. The number of nitrogens with one attached hydrogen (secondary N) is 1. The molecule has 0 spiro atoms. The Bertz CT molecular complexity index is 1110. The molecule has 110 valence electrons. The Kier molecular flexibility index (Phi) is 3.05. The fourth-order valence-electron chi connectivity index (χ4n) is 2.89. The Labute approximate surface area is 132 Å². The highest BCUT2D eigenvalue weighted by atomic mass is 16.1. The highest BCUT2D eigenvalue weighted by Crippen LogP contribution is 2.27. The molecule has 0 atom stereocenters. The molecule has 0 fully saturated rings. The van der Waals surface area contributed by atoms with Gasteiger partial charge in [0.1, 0.15) is 6.29 Å². The van der Waals surface area contributed by atoms with Gasteiger partial charge in [-0.1, -0.05) is 30.3 Å². The Morgan fingerprint density at radius 3 is 2.26 bits per heavy atom. The maximum absolute atomic E-state index is 11.8. The molecule has 3 nitrogen and oxygen atoms in total. The van der Waals surface area contributed by atoms with E-state index in [0.717, 1.165) is 33.6 Å². The number of hydrogen-bond acceptors (Lipinski definition) is 2. The summed E-state index contributed by atoms with van der Waals surface area (Å²) >= 11 is 0. The van der Waals surface area contributed by atoms with E-state index in [2.05, 4.69) is 11.1 Å². The minimum absolute atomic E-state index is 0.0750. The number of hydrogen-bond donors (Lipinski definition) is 1. The van der Waals surface area contributed by atoms with Crippen molar-refractivity contribution in [2.75, 3.05) is 0 Å². The predicted octanol–water partition coefficient (Wildman–Crippen LogP) is 4.16. The van der Waals surface area contributed by atoms with Gasteiger partial charge in [-0.05, 0) is 57.6 Å². The number of fused-ring (bicyclic) bond motifs is 2. The molecular formula is C20H13NO2. The van der Waals surface area contributed by atoms with Crippen LogP contribution in [0.25, 0.3) is 32.7 Å². The van der Waals surface area contributed by atoms with Crippen molar-refractivity contribution in [3.63, 3.8) is 0 Å². The summed E-state index contributed by atoms with van der Waals surface area (Å²) in [6.45, 7) is 0. The second-order valence-electron chi connectivity index (χ2n) is 5.55. The minimum atomic E-state index is -0.0750. The molecule has 1 heterocycles. The zero-order valence-corrected chi connectivity index (χ0v) is 12.2. The second kappa shape index (κ2) is 5.21. The molecule has 0 unspecified atom stereocenters. The monoisotopic (exact) mass is 299 g/mol. The number of benzene rings is 3. The molecule has 1 aromatic heterocycles. The van der Waals surface area contributed by atoms with E-state index >= 15 is 0 Å². The lowest BCUT2D eigenvalue weighted by Crippen LogP contribution is -2.03. The lowest BCUT2D eigenvalue weighted by Gasteiger charge is -2.06. The zero-order valence-electron chi connectivity index (χ0n) is 12.2. The largest absolute Gasteiger partial charge is 0.329 e. The van der Waals surface area contributed by atoms with Crippen LogP contribution in [-0.2, 0) is 0 Å². The van der Waals surface area contributed by atoms with Crippen molar-refractivity contribution in [3.8, 4) is 11.1 Å². The molecule has 0 aliphatic carbocycles. The zero-order chi connectivity index (χ0) is 15.8. The summed E-state index contributed by atoms with van der Waals surface area (Å²) in [4.78, 5) is 25.3. The van der Waals surface area contributed by atoms with E-state index in [-0.39, 0.29) is 5.56 Å². The van der Waals surface area contributed by atoms with Gasteiger partial charge in [-0.3, -0.25) is 9.59 Å². The van der Waals surface area contributed by atoms with Crippen molar-refractivity contribution < 1.29 is 4.79 Å². The number of rotatable bonds is 2. The quantitative estimate of drug-likeness (QED) is 0.565. The van der Waals surface area contributed by atoms with Crippen molar-refractivity contribution in [2.45, 2.75) is 0 Å². The first-order chi connectivity index (χ1) is 11.2. The van der Waals surface area contributed by atoms with E-state index in [1.807, 2.05) is 54.6 Å². The average Bonchev–Trinajstić information content (AvgIpc) is 2.60. The third kappa shape index (κ3) is 2.32. The lowest BCUT2D eigenvalue weighted by molar-refractivity contribution is 0.112. The maximum atomic E-state index is 11.8. The van der Waals surface area contributed by atoms with Crippen molar-refractivity contribution in [3.05, 3.63) is 82.8 Å². The van der Waals surface area contributed by atoms with Gasteiger partial charge in [0.05, 0.1) is 0 Å². The topological polar surface area (TPSA) is 49.9 Å². The summed E-state index contributed by atoms with van der Waals surface area (Å²) in [7, 11) is 0. The molecule has 3 heteroatoms. The standard InChI is InChI=1S/C20H13NO2/c22-12-13-1-2-15-10-16(4-3-14(15)9-13)17-5-6-19-18(11-17)7-8-21-20(19)23/h1-12H,(H,21,23). The van der Waals surface area contributed by atoms with E-state index in [1.165, 1.54) is 0 Å². The van der Waals surface area contributed by atoms with Gasteiger partial charge in [-0.25, -0.2) is 0 Å². The number of H-pyrrole nitrogens is 1. The van der Waals surface area contributed by atoms with Crippen molar-refractivity contribution in [2.24, 2.45) is 0 Å². The van der Waals surface area contributed by atoms with Crippen molar-refractivity contribution in [1.82, 2.24) is 4.98 Å². The SMILES string of the molecule is O=Cc1ccc2cc(-c3ccc4c(=O)[nH]ccc4c3)ccc2c1. The third-order valence-corrected chi connectivity index (χ3v) is 4.11. The van der Waals surface area contributed by atoms with Crippen LogP contribution < -0.4 is 5.56 Å². The molecule has 0 amide bonds.